The number of aliphatic imine (C=N–C) groups is 1. The van der Waals surface area contributed by atoms with Crippen LogP contribution in [0.4, 0.5) is 5.69 Å². The van der Waals surface area contributed by atoms with Crippen molar-refractivity contribution in [2.45, 2.75) is 18.6 Å². The van der Waals surface area contributed by atoms with Gasteiger partial charge >= 0.3 is 0 Å². The van der Waals surface area contributed by atoms with E-state index < -0.39 is 16.6 Å². The van der Waals surface area contributed by atoms with E-state index in [1.165, 1.54) is 38.6 Å². The number of phenolic OH excluding ortho intramolecular Hbond substituents is 1. The SMILES string of the molecule is COc1ccccc1C(O)(c1ccccc1OC)[C@@H](C)N=Cc1cc([N+](=O)[O-])ccc1O. The molecule has 0 aromatic heterocycles. The zero-order chi connectivity index (χ0) is 23.3. The van der Waals surface area contributed by atoms with Crippen molar-refractivity contribution >= 4 is 11.9 Å². The number of nitro groups is 1. The molecule has 2 N–H and O–H groups in total. The van der Waals surface area contributed by atoms with Crippen molar-refractivity contribution in [2.75, 3.05) is 14.2 Å². The van der Waals surface area contributed by atoms with Crippen molar-refractivity contribution in [3.05, 3.63) is 93.5 Å². The van der Waals surface area contributed by atoms with Gasteiger partial charge in [0.25, 0.3) is 5.69 Å². The Hall–Kier alpha value is -3.91. The number of ether oxygens (including phenoxy) is 2. The van der Waals surface area contributed by atoms with Crippen LogP contribution < -0.4 is 9.47 Å². The van der Waals surface area contributed by atoms with Crippen LogP contribution in [0, 0.1) is 10.1 Å². The summed E-state index contributed by atoms with van der Waals surface area (Å²) in [6.45, 7) is 1.70. The molecule has 3 aromatic carbocycles. The van der Waals surface area contributed by atoms with Gasteiger partial charge in [0.05, 0.1) is 25.2 Å². The highest BCUT2D eigenvalue weighted by atomic mass is 16.6. The molecule has 0 spiro atoms. The Labute approximate surface area is 185 Å². The molecule has 0 fully saturated rings. The van der Waals surface area contributed by atoms with Gasteiger partial charge in [-0.05, 0) is 25.1 Å². The Morgan fingerprint density at radius 2 is 1.53 bits per heavy atom. The molecule has 3 rings (SSSR count). The molecule has 0 saturated carbocycles. The molecule has 32 heavy (non-hydrogen) atoms. The smallest absolute Gasteiger partial charge is 0.270 e. The van der Waals surface area contributed by atoms with Gasteiger partial charge in [-0.25, -0.2) is 0 Å². The highest BCUT2D eigenvalue weighted by Crippen LogP contribution is 2.43. The number of aliphatic hydroxyl groups is 1. The van der Waals surface area contributed by atoms with Gasteiger partial charge < -0.3 is 19.7 Å². The van der Waals surface area contributed by atoms with Crippen LogP contribution in [0.25, 0.3) is 0 Å². The van der Waals surface area contributed by atoms with Crippen LogP contribution in [0.15, 0.2) is 71.7 Å². The number of methoxy groups -OCH3 is 2. The Morgan fingerprint density at radius 1 is 1.00 bits per heavy atom. The number of nitrogens with zero attached hydrogens (tertiary/aromatic N) is 2. The molecule has 1 atom stereocenters. The van der Waals surface area contributed by atoms with Crippen molar-refractivity contribution < 1.29 is 24.6 Å². The number of para-hydroxylation sites is 2. The van der Waals surface area contributed by atoms with Crippen LogP contribution in [0.1, 0.15) is 23.6 Å². The minimum Gasteiger partial charge on any atom is -0.507 e. The van der Waals surface area contributed by atoms with Gasteiger partial charge in [0.15, 0.2) is 0 Å². The zero-order valence-corrected chi connectivity index (χ0v) is 17.9. The molecule has 166 valence electrons. The average molecular weight is 436 g/mol. The Bertz CT molecular complexity index is 1100. The van der Waals surface area contributed by atoms with E-state index in [0.717, 1.165) is 0 Å². The fourth-order valence-corrected chi connectivity index (χ4v) is 3.57. The lowest BCUT2D eigenvalue weighted by Crippen LogP contribution is -2.38. The Kier molecular flexibility index (Phi) is 6.75. The molecule has 0 radical (unpaired) electrons. The van der Waals surface area contributed by atoms with E-state index in [0.29, 0.717) is 22.6 Å². The molecule has 0 aliphatic heterocycles. The summed E-state index contributed by atoms with van der Waals surface area (Å²) >= 11 is 0. The molecule has 0 bridgehead atoms. The molecular formula is C24H24N2O6. The molecular weight excluding hydrogens is 412 g/mol. The van der Waals surface area contributed by atoms with E-state index in [4.69, 9.17) is 9.47 Å². The minimum absolute atomic E-state index is 0.161. The van der Waals surface area contributed by atoms with Gasteiger partial charge in [-0.3, -0.25) is 15.1 Å². The highest BCUT2D eigenvalue weighted by molar-refractivity contribution is 5.84. The van der Waals surface area contributed by atoms with E-state index in [1.807, 2.05) is 0 Å². The number of phenols is 1. The molecule has 0 saturated heterocycles. The number of aromatic hydroxyl groups is 1. The molecule has 8 nitrogen and oxygen atoms in total. The van der Waals surface area contributed by atoms with Crippen LogP contribution in [-0.4, -0.2) is 41.6 Å². The molecule has 0 aliphatic rings. The van der Waals surface area contributed by atoms with Gasteiger partial charge in [0, 0.05) is 35.0 Å². The predicted molar refractivity (Wildman–Crippen MR) is 121 cm³/mol. The summed E-state index contributed by atoms with van der Waals surface area (Å²) in [5, 5.41) is 33.3. The van der Waals surface area contributed by atoms with E-state index in [2.05, 4.69) is 4.99 Å². The van der Waals surface area contributed by atoms with Crippen molar-refractivity contribution in [1.29, 1.82) is 0 Å². The van der Waals surface area contributed by atoms with E-state index in [9.17, 15) is 20.3 Å². The minimum atomic E-state index is -1.67. The van der Waals surface area contributed by atoms with Gasteiger partial charge in [-0.15, -0.1) is 0 Å². The maximum Gasteiger partial charge on any atom is 0.270 e. The number of nitro benzene ring substituents is 1. The number of non-ortho nitro benzene ring substituents is 1. The van der Waals surface area contributed by atoms with E-state index in [-0.39, 0.29) is 17.0 Å². The van der Waals surface area contributed by atoms with Crippen molar-refractivity contribution in [3.63, 3.8) is 0 Å². The van der Waals surface area contributed by atoms with Crippen LogP contribution in [0.3, 0.4) is 0 Å². The maximum absolute atomic E-state index is 12.1. The highest BCUT2D eigenvalue weighted by Gasteiger charge is 2.42. The first-order valence-electron chi connectivity index (χ1n) is 9.82. The van der Waals surface area contributed by atoms with Crippen LogP contribution >= 0.6 is 0 Å². The topological polar surface area (TPSA) is 114 Å². The fourth-order valence-electron chi connectivity index (χ4n) is 3.57. The number of hydrogen-bond donors (Lipinski definition) is 2. The standard InChI is InChI=1S/C24H24N2O6/c1-16(25-15-17-14-18(26(29)30)12-13-21(17)27)24(28,19-8-4-6-10-22(19)31-2)20-9-5-7-11-23(20)32-3/h4-16,27-28H,1-3H3/t16-/m1/s1. The normalized spacial score (nSPS) is 12.5. The third-order valence-corrected chi connectivity index (χ3v) is 5.30. The van der Waals surface area contributed by atoms with Crippen LogP contribution in [0.5, 0.6) is 17.2 Å². The summed E-state index contributed by atoms with van der Waals surface area (Å²) in [4.78, 5) is 15.0. The third kappa shape index (κ3) is 4.26. The van der Waals surface area contributed by atoms with Crippen molar-refractivity contribution in [3.8, 4) is 17.2 Å². The van der Waals surface area contributed by atoms with Gasteiger partial charge in [-0.2, -0.15) is 0 Å². The summed E-state index contributed by atoms with van der Waals surface area (Å²) in [5.74, 6) is 0.756. The van der Waals surface area contributed by atoms with Gasteiger partial charge in [-0.1, -0.05) is 36.4 Å². The second-order valence-corrected chi connectivity index (χ2v) is 7.12. The first kappa shape index (κ1) is 22.8. The average Bonchev–Trinajstić information content (AvgIpc) is 2.82. The molecule has 3 aromatic rings. The molecule has 0 aliphatic carbocycles. The van der Waals surface area contributed by atoms with Gasteiger partial charge in [0.2, 0.25) is 0 Å². The molecule has 0 heterocycles. The second kappa shape index (κ2) is 9.49. The quantitative estimate of drug-likeness (QED) is 0.313. The number of hydrogen-bond acceptors (Lipinski definition) is 7. The summed E-state index contributed by atoms with van der Waals surface area (Å²) in [6.07, 6.45) is 1.31. The monoisotopic (exact) mass is 436 g/mol. The first-order chi connectivity index (χ1) is 15.3. The zero-order valence-electron chi connectivity index (χ0n) is 17.9. The maximum atomic E-state index is 12.1. The van der Waals surface area contributed by atoms with E-state index >= 15 is 0 Å². The summed E-state index contributed by atoms with van der Waals surface area (Å²) in [7, 11) is 3.02. The molecule has 8 heteroatoms. The Morgan fingerprint density at radius 3 is 2.03 bits per heavy atom. The van der Waals surface area contributed by atoms with Crippen molar-refractivity contribution in [1.82, 2.24) is 0 Å². The third-order valence-electron chi connectivity index (χ3n) is 5.30. The van der Waals surface area contributed by atoms with Gasteiger partial charge in [0.1, 0.15) is 22.8 Å². The molecule has 0 unspecified atom stereocenters. The summed E-state index contributed by atoms with van der Waals surface area (Å²) in [6, 6.07) is 16.9. The van der Waals surface area contributed by atoms with Crippen LogP contribution in [-0.2, 0) is 5.60 Å². The summed E-state index contributed by atoms with van der Waals surface area (Å²) in [5.41, 5.74) is -0.749. The molecule has 0 amide bonds. The predicted octanol–water partition coefficient (Wildman–Crippen LogP) is 4.06. The van der Waals surface area contributed by atoms with Crippen molar-refractivity contribution in [2.24, 2.45) is 4.99 Å². The largest absolute Gasteiger partial charge is 0.507 e. The summed E-state index contributed by atoms with van der Waals surface area (Å²) < 4.78 is 11.0. The lowest BCUT2D eigenvalue weighted by atomic mass is 9.80. The first-order valence-corrected chi connectivity index (χ1v) is 9.82. The van der Waals surface area contributed by atoms with Crippen LogP contribution in [0.2, 0.25) is 0 Å². The fraction of sp³-hybridized carbons (Fsp3) is 0.208. The lowest BCUT2D eigenvalue weighted by molar-refractivity contribution is -0.384. The Balaban J connectivity index is 2.15. The van der Waals surface area contributed by atoms with E-state index in [1.54, 1.807) is 55.5 Å². The number of benzene rings is 3. The second-order valence-electron chi connectivity index (χ2n) is 7.12. The number of rotatable bonds is 8. The lowest BCUT2D eigenvalue weighted by Gasteiger charge is -2.35.